The predicted molar refractivity (Wildman–Crippen MR) is 79.0 cm³/mol. The Balaban J connectivity index is 2.14. The fourth-order valence-electron chi connectivity index (χ4n) is 2.11. The highest BCUT2D eigenvalue weighted by Crippen LogP contribution is 2.28. The van der Waals surface area contributed by atoms with E-state index in [9.17, 15) is 9.90 Å². The zero-order valence-corrected chi connectivity index (χ0v) is 12.7. The Hall–Kier alpha value is -1.93. The summed E-state index contributed by atoms with van der Waals surface area (Å²) in [6, 6.07) is 9.18. The van der Waals surface area contributed by atoms with Gasteiger partial charge in [0.2, 0.25) is 5.16 Å². The van der Waals surface area contributed by atoms with E-state index in [1.54, 1.807) is 18.8 Å². The molecule has 2 rings (SSSR count). The Morgan fingerprint density at radius 2 is 2.14 bits per heavy atom. The van der Waals surface area contributed by atoms with Crippen molar-refractivity contribution in [2.45, 2.75) is 17.1 Å². The second-order valence-electron chi connectivity index (χ2n) is 4.51. The summed E-state index contributed by atoms with van der Waals surface area (Å²) in [4.78, 5) is 11.8. The number of likely N-dealkylation sites (N-methyl/N-ethyl adjacent to an activating group) is 1. The highest BCUT2D eigenvalue weighted by molar-refractivity contribution is 7.99. The Morgan fingerprint density at radius 1 is 1.43 bits per heavy atom. The van der Waals surface area contributed by atoms with Crippen molar-refractivity contribution in [3.8, 4) is 0 Å². The predicted octanol–water partition coefficient (Wildman–Crippen LogP) is 0.892. The van der Waals surface area contributed by atoms with Crippen LogP contribution >= 0.6 is 11.8 Å². The smallest absolute Gasteiger partial charge is 0.328 e. The van der Waals surface area contributed by atoms with Crippen LogP contribution in [0.25, 0.3) is 0 Å². The van der Waals surface area contributed by atoms with Gasteiger partial charge < -0.3 is 10.4 Å². The van der Waals surface area contributed by atoms with Crippen LogP contribution in [-0.2, 0) is 17.4 Å². The topological polar surface area (TPSA) is 92.9 Å². The molecule has 112 valence electrons. The van der Waals surface area contributed by atoms with E-state index in [0.717, 1.165) is 5.56 Å². The molecule has 0 saturated heterocycles. The number of aryl methyl sites for hydroxylation is 1. The first-order valence-electron chi connectivity index (χ1n) is 6.43. The normalized spacial score (nSPS) is 13.8. The Bertz CT molecular complexity index is 604. The molecule has 21 heavy (non-hydrogen) atoms. The Kier molecular flexibility index (Phi) is 4.92. The lowest BCUT2D eigenvalue weighted by molar-refractivity contribution is -0.145. The number of aliphatic carboxylic acids is 1. The summed E-state index contributed by atoms with van der Waals surface area (Å²) in [5, 5.41) is 24.5. The fourth-order valence-corrected chi connectivity index (χ4v) is 3.02. The highest BCUT2D eigenvalue weighted by atomic mass is 32.2. The molecule has 0 aliphatic rings. The third-order valence-electron chi connectivity index (χ3n) is 3.35. The van der Waals surface area contributed by atoms with Gasteiger partial charge in [0.1, 0.15) is 5.54 Å². The van der Waals surface area contributed by atoms with E-state index in [-0.39, 0.29) is 0 Å². The SMILES string of the molecule is CNC(CCSc1nnnn1C)(C(=O)O)c1ccccc1. The van der Waals surface area contributed by atoms with Gasteiger partial charge in [0.15, 0.2) is 0 Å². The number of hydrogen-bond donors (Lipinski definition) is 2. The molecule has 0 bridgehead atoms. The van der Waals surface area contributed by atoms with Crippen LogP contribution in [0.4, 0.5) is 0 Å². The van der Waals surface area contributed by atoms with Crippen LogP contribution in [0.15, 0.2) is 35.5 Å². The van der Waals surface area contributed by atoms with Gasteiger partial charge in [-0.05, 0) is 29.5 Å². The number of aromatic nitrogens is 4. The average Bonchev–Trinajstić information content (AvgIpc) is 2.90. The third-order valence-corrected chi connectivity index (χ3v) is 4.36. The number of hydrogen-bond acceptors (Lipinski definition) is 6. The number of benzene rings is 1. The fraction of sp³-hybridized carbons (Fsp3) is 0.385. The summed E-state index contributed by atoms with van der Waals surface area (Å²) in [7, 11) is 3.41. The number of carbonyl (C=O) groups is 1. The Morgan fingerprint density at radius 3 is 2.67 bits per heavy atom. The van der Waals surface area contributed by atoms with E-state index >= 15 is 0 Å². The maximum absolute atomic E-state index is 11.8. The molecule has 7 nitrogen and oxygen atoms in total. The molecule has 1 unspecified atom stereocenters. The molecule has 2 aromatic rings. The maximum atomic E-state index is 11.8. The first-order valence-corrected chi connectivity index (χ1v) is 7.41. The van der Waals surface area contributed by atoms with Crippen molar-refractivity contribution in [3.63, 3.8) is 0 Å². The van der Waals surface area contributed by atoms with E-state index in [1.807, 2.05) is 30.3 Å². The molecule has 0 fully saturated rings. The molecule has 8 heteroatoms. The molecule has 0 amide bonds. The van der Waals surface area contributed by atoms with Crippen LogP contribution in [0.2, 0.25) is 0 Å². The minimum atomic E-state index is -1.11. The maximum Gasteiger partial charge on any atom is 0.328 e. The van der Waals surface area contributed by atoms with Crippen molar-refractivity contribution in [2.75, 3.05) is 12.8 Å². The molecular weight excluding hydrogens is 290 g/mol. The minimum Gasteiger partial charge on any atom is -0.480 e. The summed E-state index contributed by atoms with van der Waals surface area (Å²) in [6.07, 6.45) is 0.417. The minimum absolute atomic E-state index is 0.417. The third kappa shape index (κ3) is 3.22. The number of nitrogens with one attached hydrogen (secondary N) is 1. The van der Waals surface area contributed by atoms with Crippen LogP contribution in [0.1, 0.15) is 12.0 Å². The summed E-state index contributed by atoms with van der Waals surface area (Å²) in [5.41, 5.74) is -0.378. The standard InChI is InChI=1S/C13H17N5O2S/c1-14-13(11(19)20,10-6-4-3-5-7-10)8-9-21-12-15-16-17-18(12)2/h3-7,14H,8-9H2,1-2H3,(H,19,20). The van der Waals surface area contributed by atoms with Crippen LogP contribution in [0.5, 0.6) is 0 Å². The lowest BCUT2D eigenvalue weighted by Crippen LogP contribution is -2.47. The molecule has 0 radical (unpaired) electrons. The van der Waals surface area contributed by atoms with Crippen LogP contribution in [0.3, 0.4) is 0 Å². The number of carboxylic acids is 1. The second kappa shape index (κ2) is 6.68. The zero-order valence-electron chi connectivity index (χ0n) is 11.9. The van der Waals surface area contributed by atoms with Crippen molar-refractivity contribution in [2.24, 2.45) is 7.05 Å². The molecular formula is C13H17N5O2S. The number of tetrazole rings is 1. The van der Waals surface area contributed by atoms with Gasteiger partial charge in [0.05, 0.1) is 0 Å². The van der Waals surface area contributed by atoms with Gasteiger partial charge in [0, 0.05) is 12.8 Å². The largest absolute Gasteiger partial charge is 0.480 e. The molecule has 0 aliphatic carbocycles. The zero-order chi connectivity index (χ0) is 15.3. The van der Waals surface area contributed by atoms with Crippen LogP contribution in [-0.4, -0.2) is 44.1 Å². The first kappa shape index (κ1) is 15.5. The Labute approximate surface area is 126 Å². The van der Waals surface area contributed by atoms with Crippen LogP contribution in [0, 0.1) is 0 Å². The monoisotopic (exact) mass is 307 g/mol. The van der Waals surface area contributed by atoms with E-state index < -0.39 is 11.5 Å². The summed E-state index contributed by atoms with van der Waals surface area (Å²) in [6.45, 7) is 0. The summed E-state index contributed by atoms with van der Waals surface area (Å²) in [5.74, 6) is -0.316. The van der Waals surface area contributed by atoms with E-state index in [0.29, 0.717) is 17.3 Å². The number of nitrogens with zero attached hydrogens (tertiary/aromatic N) is 4. The molecule has 0 aliphatic heterocycles. The van der Waals surface area contributed by atoms with Crippen molar-refractivity contribution in [1.82, 2.24) is 25.5 Å². The first-order chi connectivity index (χ1) is 10.1. The van der Waals surface area contributed by atoms with Crippen molar-refractivity contribution in [3.05, 3.63) is 35.9 Å². The van der Waals surface area contributed by atoms with Crippen molar-refractivity contribution >= 4 is 17.7 Å². The number of rotatable bonds is 7. The van der Waals surface area contributed by atoms with Crippen LogP contribution < -0.4 is 5.32 Å². The van der Waals surface area contributed by atoms with Gasteiger partial charge in [0.25, 0.3) is 0 Å². The molecule has 1 heterocycles. The molecule has 1 atom stereocenters. The van der Waals surface area contributed by atoms with E-state index in [2.05, 4.69) is 20.8 Å². The van der Waals surface area contributed by atoms with Crippen molar-refractivity contribution < 1.29 is 9.90 Å². The lowest BCUT2D eigenvalue weighted by Gasteiger charge is -2.29. The van der Waals surface area contributed by atoms with Gasteiger partial charge in [-0.1, -0.05) is 42.1 Å². The number of thioether (sulfide) groups is 1. The number of carboxylic acid groups (broad SMARTS) is 1. The van der Waals surface area contributed by atoms with Gasteiger partial charge in [-0.25, -0.2) is 9.48 Å². The molecule has 1 aromatic heterocycles. The molecule has 0 spiro atoms. The summed E-state index contributed by atoms with van der Waals surface area (Å²) < 4.78 is 1.56. The van der Waals surface area contributed by atoms with E-state index in [4.69, 9.17) is 0 Å². The second-order valence-corrected chi connectivity index (χ2v) is 5.57. The summed E-state index contributed by atoms with van der Waals surface area (Å²) >= 11 is 1.43. The lowest BCUT2D eigenvalue weighted by atomic mass is 9.87. The van der Waals surface area contributed by atoms with Gasteiger partial charge >= 0.3 is 5.97 Å². The van der Waals surface area contributed by atoms with E-state index in [1.165, 1.54) is 11.8 Å². The average molecular weight is 307 g/mol. The highest BCUT2D eigenvalue weighted by Gasteiger charge is 2.38. The van der Waals surface area contributed by atoms with Gasteiger partial charge in [-0.3, -0.25) is 0 Å². The quantitative estimate of drug-likeness (QED) is 0.734. The molecule has 0 saturated carbocycles. The molecule has 2 N–H and O–H groups in total. The van der Waals surface area contributed by atoms with Crippen molar-refractivity contribution in [1.29, 1.82) is 0 Å². The van der Waals surface area contributed by atoms with Gasteiger partial charge in [-0.2, -0.15) is 0 Å². The molecule has 1 aromatic carbocycles. The van der Waals surface area contributed by atoms with Gasteiger partial charge in [-0.15, -0.1) is 5.10 Å².